The van der Waals surface area contributed by atoms with Gasteiger partial charge in [-0.3, -0.25) is 0 Å². The SMILES string of the molecule is NCCC1(c2cncnc2)CC1. The molecule has 1 aliphatic rings. The molecule has 1 aromatic heterocycles. The van der Waals surface area contributed by atoms with E-state index >= 15 is 0 Å². The van der Waals surface area contributed by atoms with Crippen LogP contribution in [0.2, 0.25) is 0 Å². The van der Waals surface area contributed by atoms with E-state index in [2.05, 4.69) is 9.97 Å². The highest BCUT2D eigenvalue weighted by Crippen LogP contribution is 2.50. The molecule has 2 N–H and O–H groups in total. The molecule has 0 amide bonds. The van der Waals surface area contributed by atoms with Crippen LogP contribution in [-0.4, -0.2) is 16.5 Å². The lowest BCUT2D eigenvalue weighted by Crippen LogP contribution is -2.13. The normalized spacial score (nSPS) is 19.1. The van der Waals surface area contributed by atoms with Crippen LogP contribution in [-0.2, 0) is 5.41 Å². The summed E-state index contributed by atoms with van der Waals surface area (Å²) in [5, 5.41) is 0. The third kappa shape index (κ3) is 1.20. The molecule has 0 unspecified atom stereocenters. The number of rotatable bonds is 3. The van der Waals surface area contributed by atoms with Gasteiger partial charge in [0.2, 0.25) is 0 Å². The maximum atomic E-state index is 5.55. The zero-order valence-electron chi connectivity index (χ0n) is 7.03. The van der Waals surface area contributed by atoms with E-state index in [0.29, 0.717) is 5.41 Å². The molecular formula is C9H13N3. The molecule has 1 aromatic rings. The van der Waals surface area contributed by atoms with Crippen LogP contribution in [0.25, 0.3) is 0 Å². The number of aromatic nitrogens is 2. The maximum Gasteiger partial charge on any atom is 0.115 e. The maximum absolute atomic E-state index is 5.55. The van der Waals surface area contributed by atoms with E-state index in [0.717, 1.165) is 13.0 Å². The van der Waals surface area contributed by atoms with E-state index in [9.17, 15) is 0 Å². The first kappa shape index (κ1) is 7.68. The molecule has 0 aliphatic heterocycles. The first-order valence-corrected chi connectivity index (χ1v) is 4.33. The molecule has 0 saturated heterocycles. The molecule has 12 heavy (non-hydrogen) atoms. The van der Waals surface area contributed by atoms with Crippen molar-refractivity contribution in [1.29, 1.82) is 0 Å². The van der Waals surface area contributed by atoms with Gasteiger partial charge in [-0.2, -0.15) is 0 Å². The van der Waals surface area contributed by atoms with Gasteiger partial charge in [0, 0.05) is 12.4 Å². The fourth-order valence-corrected chi connectivity index (χ4v) is 1.68. The van der Waals surface area contributed by atoms with Crippen LogP contribution in [0.15, 0.2) is 18.7 Å². The highest BCUT2D eigenvalue weighted by atomic mass is 14.8. The van der Waals surface area contributed by atoms with Crippen molar-refractivity contribution in [2.24, 2.45) is 5.73 Å². The van der Waals surface area contributed by atoms with Gasteiger partial charge in [-0.25, -0.2) is 9.97 Å². The number of nitrogens with zero attached hydrogens (tertiary/aromatic N) is 2. The summed E-state index contributed by atoms with van der Waals surface area (Å²) in [6.45, 7) is 0.759. The lowest BCUT2D eigenvalue weighted by Gasteiger charge is -2.12. The Balaban J connectivity index is 2.19. The minimum atomic E-state index is 0.343. The van der Waals surface area contributed by atoms with Crippen LogP contribution in [0.4, 0.5) is 0 Å². The van der Waals surface area contributed by atoms with Gasteiger partial charge in [-0.15, -0.1) is 0 Å². The summed E-state index contributed by atoms with van der Waals surface area (Å²) < 4.78 is 0. The molecule has 0 atom stereocenters. The first-order valence-electron chi connectivity index (χ1n) is 4.33. The van der Waals surface area contributed by atoms with Crippen molar-refractivity contribution in [3.8, 4) is 0 Å². The smallest absolute Gasteiger partial charge is 0.115 e. The molecule has 1 heterocycles. The Hall–Kier alpha value is -0.960. The van der Waals surface area contributed by atoms with E-state index in [1.807, 2.05) is 12.4 Å². The van der Waals surface area contributed by atoms with Crippen LogP contribution in [0, 0.1) is 0 Å². The van der Waals surface area contributed by atoms with Gasteiger partial charge in [-0.05, 0) is 36.8 Å². The summed E-state index contributed by atoms with van der Waals surface area (Å²) in [6, 6.07) is 0. The van der Waals surface area contributed by atoms with Gasteiger partial charge < -0.3 is 5.73 Å². The average molecular weight is 163 g/mol. The topological polar surface area (TPSA) is 51.8 Å². The Morgan fingerprint density at radius 2 is 2.00 bits per heavy atom. The monoisotopic (exact) mass is 163 g/mol. The standard InChI is InChI=1S/C9H13N3/c10-4-3-9(1-2-9)8-5-11-7-12-6-8/h5-7H,1-4,10H2. The van der Waals surface area contributed by atoms with Crippen LogP contribution >= 0.6 is 0 Å². The molecule has 64 valence electrons. The molecule has 0 bridgehead atoms. The van der Waals surface area contributed by atoms with E-state index < -0.39 is 0 Å². The van der Waals surface area contributed by atoms with Crippen molar-refractivity contribution in [3.05, 3.63) is 24.3 Å². The summed E-state index contributed by atoms with van der Waals surface area (Å²) in [5.41, 5.74) is 7.15. The Morgan fingerprint density at radius 3 is 2.50 bits per heavy atom. The second-order valence-corrected chi connectivity index (χ2v) is 3.45. The quantitative estimate of drug-likeness (QED) is 0.719. The largest absolute Gasteiger partial charge is 0.330 e. The second kappa shape index (κ2) is 2.83. The van der Waals surface area contributed by atoms with Crippen molar-refractivity contribution >= 4 is 0 Å². The van der Waals surface area contributed by atoms with Gasteiger partial charge in [-0.1, -0.05) is 0 Å². The predicted molar refractivity (Wildman–Crippen MR) is 46.6 cm³/mol. The van der Waals surface area contributed by atoms with E-state index in [-0.39, 0.29) is 0 Å². The lowest BCUT2D eigenvalue weighted by atomic mass is 9.95. The summed E-state index contributed by atoms with van der Waals surface area (Å²) >= 11 is 0. The van der Waals surface area contributed by atoms with Gasteiger partial charge >= 0.3 is 0 Å². The summed E-state index contributed by atoms with van der Waals surface area (Å²) in [6.07, 6.45) is 8.96. The molecule has 0 radical (unpaired) electrons. The molecule has 3 nitrogen and oxygen atoms in total. The van der Waals surface area contributed by atoms with Gasteiger partial charge in [0.1, 0.15) is 6.33 Å². The Kier molecular flexibility index (Phi) is 1.81. The fraction of sp³-hybridized carbons (Fsp3) is 0.556. The van der Waals surface area contributed by atoms with Crippen molar-refractivity contribution < 1.29 is 0 Å². The minimum Gasteiger partial charge on any atom is -0.330 e. The van der Waals surface area contributed by atoms with E-state index in [4.69, 9.17) is 5.73 Å². The third-order valence-electron chi connectivity index (χ3n) is 2.65. The zero-order chi connectivity index (χ0) is 8.44. The highest BCUT2D eigenvalue weighted by molar-refractivity contribution is 5.25. The van der Waals surface area contributed by atoms with Crippen LogP contribution < -0.4 is 5.73 Å². The molecular weight excluding hydrogens is 150 g/mol. The number of nitrogens with two attached hydrogens (primary N) is 1. The number of hydrogen-bond acceptors (Lipinski definition) is 3. The summed E-state index contributed by atoms with van der Waals surface area (Å²) in [5.74, 6) is 0. The molecule has 1 fully saturated rings. The van der Waals surface area contributed by atoms with Crippen molar-refractivity contribution in [1.82, 2.24) is 9.97 Å². The molecule has 2 rings (SSSR count). The molecule has 3 heteroatoms. The Bertz CT molecular complexity index is 254. The summed E-state index contributed by atoms with van der Waals surface area (Å²) in [7, 11) is 0. The molecule has 0 aromatic carbocycles. The van der Waals surface area contributed by atoms with Crippen LogP contribution in [0.5, 0.6) is 0 Å². The molecule has 1 aliphatic carbocycles. The highest BCUT2D eigenvalue weighted by Gasteiger charge is 2.43. The van der Waals surface area contributed by atoms with Gasteiger partial charge in [0.15, 0.2) is 0 Å². The molecule has 0 spiro atoms. The zero-order valence-corrected chi connectivity index (χ0v) is 7.03. The fourth-order valence-electron chi connectivity index (χ4n) is 1.68. The second-order valence-electron chi connectivity index (χ2n) is 3.45. The predicted octanol–water partition coefficient (Wildman–Crippen LogP) is 0.857. The van der Waals surface area contributed by atoms with Crippen LogP contribution in [0.1, 0.15) is 24.8 Å². The lowest BCUT2D eigenvalue weighted by molar-refractivity contribution is 0.623. The van der Waals surface area contributed by atoms with Gasteiger partial charge in [0.05, 0.1) is 0 Å². The van der Waals surface area contributed by atoms with Crippen molar-refractivity contribution in [2.75, 3.05) is 6.54 Å². The van der Waals surface area contributed by atoms with Gasteiger partial charge in [0.25, 0.3) is 0 Å². The minimum absolute atomic E-state index is 0.343. The average Bonchev–Trinajstić information content (AvgIpc) is 2.88. The third-order valence-corrected chi connectivity index (χ3v) is 2.65. The van der Waals surface area contributed by atoms with Crippen molar-refractivity contribution in [3.63, 3.8) is 0 Å². The first-order chi connectivity index (χ1) is 5.87. The number of hydrogen-bond donors (Lipinski definition) is 1. The van der Waals surface area contributed by atoms with Crippen LogP contribution in [0.3, 0.4) is 0 Å². The van der Waals surface area contributed by atoms with Crippen molar-refractivity contribution in [2.45, 2.75) is 24.7 Å². The molecule has 1 saturated carbocycles. The van der Waals surface area contributed by atoms with E-state index in [1.54, 1.807) is 6.33 Å². The summed E-state index contributed by atoms with van der Waals surface area (Å²) in [4.78, 5) is 8.04. The Labute approximate surface area is 72.0 Å². The Morgan fingerprint density at radius 1 is 1.33 bits per heavy atom. The van der Waals surface area contributed by atoms with E-state index in [1.165, 1.54) is 18.4 Å².